The lowest BCUT2D eigenvalue weighted by atomic mass is 9.96. The number of imidazole rings is 2. The molecule has 10 rings (SSSR count). The Balaban J connectivity index is 1.23. The Kier molecular flexibility index (Phi) is 5.31. The van der Waals surface area contributed by atoms with Gasteiger partial charge in [0, 0.05) is 32.3 Å². The molecule has 0 saturated heterocycles. The van der Waals surface area contributed by atoms with E-state index in [1.807, 2.05) is 37.3 Å². The van der Waals surface area contributed by atoms with E-state index in [0.29, 0.717) is 71.4 Å². The molecule has 9 heteroatoms. The first-order valence-corrected chi connectivity index (χ1v) is 15.7. The molecule has 49 heavy (non-hydrogen) atoms. The summed E-state index contributed by atoms with van der Waals surface area (Å²) in [5.41, 5.74) is 6.64. The van der Waals surface area contributed by atoms with E-state index in [1.165, 1.54) is 12.1 Å². The molecule has 0 N–H and O–H groups in total. The lowest BCUT2D eigenvalue weighted by Crippen LogP contribution is -2.16. The van der Waals surface area contributed by atoms with Crippen LogP contribution in [-0.4, -0.2) is 18.8 Å². The van der Waals surface area contributed by atoms with Crippen molar-refractivity contribution in [3.8, 4) is 22.3 Å². The van der Waals surface area contributed by atoms with Gasteiger partial charge in [-0.05, 0) is 89.8 Å². The Labute approximate surface area is 273 Å². The molecule has 0 saturated carbocycles. The molecule has 6 nitrogen and oxygen atoms in total. The SMILES string of the molecule is Cc1ccc(-c2ccc3nc4c5ccc6c(=O)n7c8cc(-c9ccc(C(F)(F)F)cc9)ccc8nc7c7ccc(c(=O)n4c3c2)c5c67)cc1. The molecule has 6 aromatic carbocycles. The Morgan fingerprint density at radius 3 is 1.37 bits per heavy atom. The van der Waals surface area contributed by atoms with Crippen molar-refractivity contribution in [2.75, 3.05) is 0 Å². The van der Waals surface area contributed by atoms with E-state index in [0.717, 1.165) is 34.2 Å². The molecular formula is C40H21F3N4O2. The second-order valence-electron chi connectivity index (χ2n) is 12.6. The Bertz CT molecular complexity index is 3130. The zero-order chi connectivity index (χ0) is 33.3. The van der Waals surface area contributed by atoms with E-state index in [9.17, 15) is 22.8 Å². The van der Waals surface area contributed by atoms with Crippen molar-refractivity contribution in [1.82, 2.24) is 18.8 Å². The summed E-state index contributed by atoms with van der Waals surface area (Å²) in [5.74, 6) is 0. The van der Waals surface area contributed by atoms with Crippen LogP contribution in [0.3, 0.4) is 0 Å². The number of aromatic nitrogens is 4. The third-order valence-electron chi connectivity index (χ3n) is 9.75. The third kappa shape index (κ3) is 3.78. The molecule has 0 aliphatic rings. The summed E-state index contributed by atoms with van der Waals surface area (Å²) < 4.78 is 42.7. The van der Waals surface area contributed by atoms with Crippen molar-refractivity contribution in [3.63, 3.8) is 0 Å². The standard InChI is InChI=1S/C40H21F3N4O2/c1-20-2-4-21(5-3-20)23-8-16-30-32(18-23)46-36(44-30)26-12-15-29-35-27(13-14-28(34(26)35)38(46)48)37-45-31-17-9-24(19-33(31)47(37)39(29)49)22-6-10-25(11-7-22)40(41,42)43/h2-19H,1H3. The van der Waals surface area contributed by atoms with E-state index < -0.39 is 11.7 Å². The fraction of sp³-hybridized carbons (Fsp3) is 0.0500. The van der Waals surface area contributed by atoms with Gasteiger partial charge >= 0.3 is 6.18 Å². The second-order valence-corrected chi connectivity index (χ2v) is 12.6. The van der Waals surface area contributed by atoms with E-state index in [2.05, 4.69) is 24.3 Å². The predicted molar refractivity (Wildman–Crippen MR) is 187 cm³/mol. The first-order chi connectivity index (χ1) is 23.7. The molecule has 0 unspecified atom stereocenters. The van der Waals surface area contributed by atoms with Gasteiger partial charge in [-0.1, -0.05) is 54.1 Å². The highest BCUT2D eigenvalue weighted by Crippen LogP contribution is 2.38. The van der Waals surface area contributed by atoms with Gasteiger partial charge in [-0.15, -0.1) is 0 Å². The monoisotopic (exact) mass is 646 g/mol. The van der Waals surface area contributed by atoms with Crippen LogP contribution in [0.5, 0.6) is 0 Å². The van der Waals surface area contributed by atoms with Crippen LogP contribution in [0.4, 0.5) is 13.2 Å². The van der Waals surface area contributed by atoms with Crippen molar-refractivity contribution < 1.29 is 13.2 Å². The van der Waals surface area contributed by atoms with Gasteiger partial charge in [0.25, 0.3) is 11.1 Å². The number of nitrogens with zero attached hydrogens (tertiary/aromatic N) is 4. The second kappa shape index (κ2) is 9.38. The summed E-state index contributed by atoms with van der Waals surface area (Å²) in [4.78, 5) is 38.3. The van der Waals surface area contributed by atoms with Crippen LogP contribution in [0.1, 0.15) is 11.1 Å². The Hall–Kier alpha value is -6.35. The maximum absolute atomic E-state index is 14.3. The minimum Gasteiger partial charge on any atom is -0.268 e. The molecule has 4 aromatic heterocycles. The van der Waals surface area contributed by atoms with Crippen LogP contribution < -0.4 is 11.1 Å². The highest BCUT2D eigenvalue weighted by molar-refractivity contribution is 6.27. The van der Waals surface area contributed by atoms with E-state index in [-0.39, 0.29) is 11.1 Å². The van der Waals surface area contributed by atoms with Crippen molar-refractivity contribution in [2.45, 2.75) is 13.1 Å². The van der Waals surface area contributed by atoms with Crippen LogP contribution in [-0.2, 0) is 6.18 Å². The summed E-state index contributed by atoms with van der Waals surface area (Å²) in [6.45, 7) is 2.04. The van der Waals surface area contributed by atoms with Gasteiger partial charge in [0.15, 0.2) is 0 Å². The number of halogens is 3. The summed E-state index contributed by atoms with van der Waals surface area (Å²) >= 11 is 0. The first kappa shape index (κ1) is 27.7. The molecule has 0 aliphatic heterocycles. The van der Waals surface area contributed by atoms with Crippen LogP contribution in [0, 0.1) is 6.92 Å². The molecule has 0 aliphatic carbocycles. The van der Waals surface area contributed by atoms with Crippen LogP contribution in [0.2, 0.25) is 0 Å². The zero-order valence-corrected chi connectivity index (χ0v) is 25.6. The summed E-state index contributed by atoms with van der Waals surface area (Å²) in [6.07, 6.45) is -4.43. The van der Waals surface area contributed by atoms with Gasteiger partial charge in [0.1, 0.15) is 11.3 Å². The molecule has 0 bridgehead atoms. The molecule has 10 aromatic rings. The van der Waals surface area contributed by atoms with Crippen LogP contribution in [0.15, 0.2) is 119 Å². The molecule has 0 atom stereocenters. The lowest BCUT2D eigenvalue weighted by molar-refractivity contribution is -0.137. The van der Waals surface area contributed by atoms with Crippen LogP contribution >= 0.6 is 0 Å². The third-order valence-corrected chi connectivity index (χ3v) is 9.75. The topological polar surface area (TPSA) is 68.7 Å². The van der Waals surface area contributed by atoms with Gasteiger partial charge in [-0.2, -0.15) is 13.2 Å². The summed E-state index contributed by atoms with van der Waals surface area (Å²) in [6, 6.07) is 31.7. The van der Waals surface area contributed by atoms with Crippen LogP contribution in [0.25, 0.3) is 87.9 Å². The molecule has 4 heterocycles. The molecule has 0 fully saturated rings. The normalized spacial score (nSPS) is 12.7. The fourth-order valence-electron chi connectivity index (χ4n) is 7.35. The maximum Gasteiger partial charge on any atom is 0.416 e. The van der Waals surface area contributed by atoms with Gasteiger partial charge < -0.3 is 0 Å². The maximum atomic E-state index is 14.3. The Morgan fingerprint density at radius 2 is 0.918 bits per heavy atom. The number of benzene rings is 6. The highest BCUT2D eigenvalue weighted by atomic mass is 19.4. The van der Waals surface area contributed by atoms with Gasteiger partial charge in [-0.25, -0.2) is 9.97 Å². The van der Waals surface area contributed by atoms with Crippen molar-refractivity contribution in [3.05, 3.63) is 141 Å². The Morgan fingerprint density at radius 1 is 0.510 bits per heavy atom. The van der Waals surface area contributed by atoms with Crippen molar-refractivity contribution in [1.29, 1.82) is 0 Å². The highest BCUT2D eigenvalue weighted by Gasteiger charge is 2.30. The van der Waals surface area contributed by atoms with Crippen molar-refractivity contribution in [2.24, 2.45) is 0 Å². The largest absolute Gasteiger partial charge is 0.416 e. The first-order valence-electron chi connectivity index (χ1n) is 15.7. The number of aryl methyl sites for hydroxylation is 1. The number of alkyl halides is 3. The molecule has 0 radical (unpaired) electrons. The van der Waals surface area contributed by atoms with Gasteiger partial charge in [-0.3, -0.25) is 18.4 Å². The van der Waals surface area contributed by atoms with E-state index in [1.54, 1.807) is 39.1 Å². The number of fused-ring (bicyclic) bond motifs is 8. The summed E-state index contributed by atoms with van der Waals surface area (Å²) in [7, 11) is 0. The predicted octanol–water partition coefficient (Wildman–Crippen LogP) is 9.01. The number of hydrogen-bond acceptors (Lipinski definition) is 4. The van der Waals surface area contributed by atoms with Gasteiger partial charge in [0.05, 0.1) is 27.6 Å². The smallest absolute Gasteiger partial charge is 0.268 e. The van der Waals surface area contributed by atoms with Gasteiger partial charge in [0.2, 0.25) is 0 Å². The molecule has 0 spiro atoms. The average Bonchev–Trinajstić information content (AvgIpc) is 3.68. The molecule has 234 valence electrons. The molecule has 0 amide bonds. The molecular weight excluding hydrogens is 625 g/mol. The minimum atomic E-state index is -4.43. The lowest BCUT2D eigenvalue weighted by Gasteiger charge is -2.12. The number of rotatable bonds is 2. The van der Waals surface area contributed by atoms with E-state index in [4.69, 9.17) is 9.97 Å². The summed E-state index contributed by atoms with van der Waals surface area (Å²) in [5, 5.41) is 3.69. The minimum absolute atomic E-state index is 0.220. The van der Waals surface area contributed by atoms with E-state index >= 15 is 0 Å². The van der Waals surface area contributed by atoms with Crippen molar-refractivity contribution >= 4 is 65.7 Å². The zero-order valence-electron chi connectivity index (χ0n) is 25.6. The average molecular weight is 647 g/mol. The number of pyridine rings is 2. The fourth-order valence-corrected chi connectivity index (χ4v) is 7.35. The quantitative estimate of drug-likeness (QED) is 0.176. The number of hydrogen-bond donors (Lipinski definition) is 0.